The zero-order valence-electron chi connectivity index (χ0n) is 15.1. The molecule has 0 aromatic carbocycles. The highest BCUT2D eigenvalue weighted by molar-refractivity contribution is 5.39. The molecule has 7 atom stereocenters. The minimum Gasteiger partial charge on any atom is -0.461 e. The van der Waals surface area contributed by atoms with Crippen molar-refractivity contribution in [3.63, 3.8) is 0 Å². The number of aliphatic hydroxyl groups excluding tert-OH is 1. The van der Waals surface area contributed by atoms with Gasteiger partial charge in [-0.05, 0) is 87.4 Å². The molecule has 0 heterocycles. The summed E-state index contributed by atoms with van der Waals surface area (Å²) in [5.41, 5.74) is -0.834. The molecule has 0 amide bonds. The number of rotatable bonds is 3. The summed E-state index contributed by atoms with van der Waals surface area (Å²) in [6.45, 7) is 5.10. The number of carbonyl (C=O) groups is 1. The predicted octanol–water partition coefficient (Wildman–Crippen LogP) is 3.05. The summed E-state index contributed by atoms with van der Waals surface area (Å²) < 4.78 is 5.65. The number of fused-ring (bicyclic) bond motifs is 3. The Balaban J connectivity index is 1.70. The lowest BCUT2D eigenvalue weighted by molar-refractivity contribution is -0.197. The fraction of sp³-hybridized carbons (Fsp3) is 0.950. The lowest BCUT2D eigenvalue weighted by Crippen LogP contribution is -2.59. The maximum atomic E-state index is 11.1. The molecule has 4 aliphatic rings. The van der Waals surface area contributed by atoms with E-state index in [4.69, 9.17) is 4.74 Å². The van der Waals surface area contributed by atoms with Gasteiger partial charge in [0.05, 0.1) is 12.2 Å². The minimum absolute atomic E-state index is 0.0990. The van der Waals surface area contributed by atoms with E-state index in [1.54, 1.807) is 0 Å². The van der Waals surface area contributed by atoms with Gasteiger partial charge < -0.3 is 14.9 Å². The van der Waals surface area contributed by atoms with Crippen LogP contribution in [0.5, 0.6) is 0 Å². The minimum atomic E-state index is -0.866. The van der Waals surface area contributed by atoms with Gasteiger partial charge in [0, 0.05) is 5.92 Å². The molecule has 4 saturated carbocycles. The molecule has 0 aromatic rings. The first-order valence-corrected chi connectivity index (χ1v) is 9.77. The lowest BCUT2D eigenvalue weighted by atomic mass is 9.43. The van der Waals surface area contributed by atoms with Gasteiger partial charge in [-0.25, -0.2) is 0 Å². The number of ether oxygens (including phenoxy) is 1. The van der Waals surface area contributed by atoms with E-state index in [2.05, 4.69) is 13.8 Å². The van der Waals surface area contributed by atoms with Crippen LogP contribution >= 0.6 is 0 Å². The Morgan fingerprint density at radius 1 is 1.12 bits per heavy atom. The maximum absolute atomic E-state index is 11.1. The Morgan fingerprint density at radius 2 is 1.92 bits per heavy atom. The quantitative estimate of drug-likeness (QED) is 0.778. The van der Waals surface area contributed by atoms with E-state index in [0.29, 0.717) is 18.3 Å². The third-order valence-corrected chi connectivity index (χ3v) is 8.85. The zero-order valence-corrected chi connectivity index (χ0v) is 15.1. The van der Waals surface area contributed by atoms with Crippen molar-refractivity contribution in [1.29, 1.82) is 0 Å². The summed E-state index contributed by atoms with van der Waals surface area (Å²) in [5, 5.41) is 20.7. The van der Waals surface area contributed by atoms with Gasteiger partial charge in [-0.15, -0.1) is 0 Å². The van der Waals surface area contributed by atoms with Crippen LogP contribution in [0.15, 0.2) is 0 Å². The Hall–Kier alpha value is -0.610. The average molecular weight is 336 g/mol. The first-order valence-electron chi connectivity index (χ1n) is 9.77. The summed E-state index contributed by atoms with van der Waals surface area (Å²) >= 11 is 0. The molecule has 136 valence electrons. The molecule has 0 unspecified atom stereocenters. The molecular formula is C20H32O4. The summed E-state index contributed by atoms with van der Waals surface area (Å²) in [5.74, 6) is 1.26. The number of hydrogen-bond donors (Lipinski definition) is 2. The Labute approximate surface area is 145 Å². The molecule has 0 saturated heterocycles. The van der Waals surface area contributed by atoms with Crippen LogP contribution in [0.25, 0.3) is 0 Å². The summed E-state index contributed by atoms with van der Waals surface area (Å²) in [6, 6.07) is 0. The Morgan fingerprint density at radius 3 is 2.62 bits per heavy atom. The van der Waals surface area contributed by atoms with Crippen molar-refractivity contribution >= 4 is 6.47 Å². The van der Waals surface area contributed by atoms with Crippen LogP contribution in [0.4, 0.5) is 0 Å². The molecule has 4 heteroatoms. The highest BCUT2D eigenvalue weighted by Gasteiger charge is 2.67. The first kappa shape index (κ1) is 16.8. The van der Waals surface area contributed by atoms with Gasteiger partial charge in [-0.2, -0.15) is 0 Å². The van der Waals surface area contributed by atoms with Crippen LogP contribution in [0.3, 0.4) is 0 Å². The van der Waals surface area contributed by atoms with Crippen molar-refractivity contribution < 1.29 is 19.7 Å². The maximum Gasteiger partial charge on any atom is 0.293 e. The van der Waals surface area contributed by atoms with E-state index in [1.807, 2.05) is 0 Å². The van der Waals surface area contributed by atoms with Crippen molar-refractivity contribution in [2.24, 2.45) is 28.6 Å². The highest BCUT2D eigenvalue weighted by atomic mass is 16.5. The lowest BCUT2D eigenvalue weighted by Gasteiger charge is -2.63. The third kappa shape index (κ3) is 2.02. The van der Waals surface area contributed by atoms with Crippen molar-refractivity contribution in [1.82, 2.24) is 0 Å². The number of hydrogen-bond acceptors (Lipinski definition) is 4. The molecule has 4 rings (SSSR count). The largest absolute Gasteiger partial charge is 0.461 e. The average Bonchev–Trinajstić information content (AvgIpc) is 2.74. The Kier molecular flexibility index (Phi) is 3.65. The molecule has 0 aromatic heterocycles. The monoisotopic (exact) mass is 336 g/mol. The zero-order chi connectivity index (χ0) is 17.2. The second-order valence-electron chi connectivity index (χ2n) is 9.81. The molecule has 1 spiro atoms. The van der Waals surface area contributed by atoms with E-state index < -0.39 is 5.60 Å². The standard InChI is InChI=1S/C20H32O4/c1-17-7-3-8-18(2,24-13-22)15(17)6-9-19-10-14(4-5-16(17)19)20(23,11-19)12-21/h13-16,21,23H,3-12H2,1-2H3/t14-,15-,16-,17+,18+,19+,20+/m1/s1. The van der Waals surface area contributed by atoms with Gasteiger partial charge in [0.2, 0.25) is 0 Å². The second-order valence-corrected chi connectivity index (χ2v) is 9.81. The van der Waals surface area contributed by atoms with E-state index in [0.717, 1.165) is 51.4 Å². The molecule has 4 fully saturated rings. The Bertz CT molecular complexity index is 536. The van der Waals surface area contributed by atoms with Crippen LogP contribution in [0.1, 0.15) is 71.6 Å². The van der Waals surface area contributed by atoms with Gasteiger partial charge >= 0.3 is 0 Å². The molecule has 24 heavy (non-hydrogen) atoms. The van der Waals surface area contributed by atoms with E-state index in [-0.39, 0.29) is 29.0 Å². The van der Waals surface area contributed by atoms with Crippen molar-refractivity contribution in [3.05, 3.63) is 0 Å². The van der Waals surface area contributed by atoms with Gasteiger partial charge in [0.1, 0.15) is 5.60 Å². The van der Waals surface area contributed by atoms with Crippen LogP contribution in [-0.4, -0.2) is 34.5 Å². The molecule has 2 bridgehead atoms. The summed E-state index contributed by atoms with van der Waals surface area (Å²) in [6.07, 6.45) is 9.46. The van der Waals surface area contributed by atoms with Crippen molar-refractivity contribution in [3.8, 4) is 0 Å². The van der Waals surface area contributed by atoms with E-state index in [1.165, 1.54) is 6.42 Å². The fourth-order valence-corrected chi connectivity index (χ4v) is 8.00. The van der Waals surface area contributed by atoms with E-state index in [9.17, 15) is 15.0 Å². The molecule has 2 N–H and O–H groups in total. The van der Waals surface area contributed by atoms with Crippen molar-refractivity contribution in [2.75, 3.05) is 6.61 Å². The van der Waals surface area contributed by atoms with Crippen LogP contribution in [-0.2, 0) is 9.53 Å². The highest BCUT2D eigenvalue weighted by Crippen LogP contribution is 2.72. The SMILES string of the molecule is C[C@]12CCC[C@](C)(OC=O)[C@@H]1CC[C@@]13C[C@@H](CC[C@@H]12)[C@@](O)(CO)C3. The number of carbonyl (C=O) groups excluding carboxylic acids is 1. The topological polar surface area (TPSA) is 66.8 Å². The normalized spacial score (nSPS) is 56.2. The molecular weight excluding hydrogens is 304 g/mol. The second kappa shape index (κ2) is 5.20. The smallest absolute Gasteiger partial charge is 0.293 e. The molecule has 0 aliphatic heterocycles. The van der Waals surface area contributed by atoms with Gasteiger partial charge in [-0.3, -0.25) is 4.79 Å². The van der Waals surface area contributed by atoms with Gasteiger partial charge in [-0.1, -0.05) is 6.92 Å². The van der Waals surface area contributed by atoms with Crippen LogP contribution in [0, 0.1) is 28.6 Å². The van der Waals surface area contributed by atoms with E-state index >= 15 is 0 Å². The third-order valence-electron chi connectivity index (χ3n) is 8.85. The van der Waals surface area contributed by atoms with Gasteiger partial charge in [0.25, 0.3) is 6.47 Å². The molecule has 0 radical (unpaired) electrons. The van der Waals surface area contributed by atoms with Crippen LogP contribution in [0.2, 0.25) is 0 Å². The molecule has 4 aliphatic carbocycles. The van der Waals surface area contributed by atoms with Gasteiger partial charge in [0.15, 0.2) is 0 Å². The molecule has 4 nitrogen and oxygen atoms in total. The predicted molar refractivity (Wildman–Crippen MR) is 90.2 cm³/mol. The van der Waals surface area contributed by atoms with Crippen LogP contribution < -0.4 is 0 Å². The summed E-state index contributed by atoms with van der Waals surface area (Å²) in [7, 11) is 0. The number of aliphatic hydroxyl groups is 2. The summed E-state index contributed by atoms with van der Waals surface area (Å²) in [4.78, 5) is 11.1. The first-order chi connectivity index (χ1) is 11.3. The fourth-order valence-electron chi connectivity index (χ4n) is 8.00. The van der Waals surface area contributed by atoms with Crippen molar-refractivity contribution in [2.45, 2.75) is 82.8 Å².